The molecule has 1 aliphatic heterocycles. The van der Waals surface area contributed by atoms with Crippen LogP contribution in [-0.4, -0.2) is 29.9 Å². The van der Waals surface area contributed by atoms with Crippen LogP contribution in [0.15, 0.2) is 54.6 Å². The van der Waals surface area contributed by atoms with Gasteiger partial charge in [0, 0.05) is 11.3 Å². The SMILES string of the molecule is C[C@@H](C(=O)Nc1ccccc1-c1ccccc1)N1CCCCC1. The highest BCUT2D eigenvalue weighted by Gasteiger charge is 2.23. The molecular formula is C20H24N2O. The zero-order valence-corrected chi connectivity index (χ0v) is 13.7. The van der Waals surface area contributed by atoms with Crippen LogP contribution in [0.1, 0.15) is 26.2 Å². The lowest BCUT2D eigenvalue weighted by Crippen LogP contribution is -2.44. The van der Waals surface area contributed by atoms with Gasteiger partial charge in [0.05, 0.1) is 6.04 Å². The molecule has 1 amide bonds. The quantitative estimate of drug-likeness (QED) is 0.919. The maximum atomic E-state index is 12.6. The number of rotatable bonds is 4. The summed E-state index contributed by atoms with van der Waals surface area (Å²) < 4.78 is 0. The number of benzene rings is 2. The Bertz CT molecular complexity index is 648. The molecule has 0 bridgehead atoms. The number of amides is 1. The molecule has 3 heteroatoms. The van der Waals surface area contributed by atoms with Crippen molar-refractivity contribution < 1.29 is 4.79 Å². The minimum absolute atomic E-state index is 0.0790. The third-order valence-corrected chi connectivity index (χ3v) is 4.59. The van der Waals surface area contributed by atoms with Crippen LogP contribution in [0.2, 0.25) is 0 Å². The number of piperidine rings is 1. The molecule has 1 heterocycles. The summed E-state index contributed by atoms with van der Waals surface area (Å²) in [4.78, 5) is 14.9. The first-order valence-corrected chi connectivity index (χ1v) is 8.45. The molecular weight excluding hydrogens is 284 g/mol. The molecule has 0 spiro atoms. The van der Waals surface area contributed by atoms with Gasteiger partial charge in [-0.2, -0.15) is 0 Å². The van der Waals surface area contributed by atoms with Crippen LogP contribution in [0.4, 0.5) is 5.69 Å². The molecule has 0 radical (unpaired) electrons. The van der Waals surface area contributed by atoms with E-state index in [1.54, 1.807) is 0 Å². The molecule has 120 valence electrons. The Morgan fingerprint density at radius 3 is 2.35 bits per heavy atom. The third kappa shape index (κ3) is 3.80. The van der Waals surface area contributed by atoms with Crippen molar-refractivity contribution in [2.45, 2.75) is 32.2 Å². The fourth-order valence-electron chi connectivity index (χ4n) is 3.17. The third-order valence-electron chi connectivity index (χ3n) is 4.59. The number of anilines is 1. The van der Waals surface area contributed by atoms with E-state index < -0.39 is 0 Å². The number of nitrogens with zero attached hydrogens (tertiary/aromatic N) is 1. The summed E-state index contributed by atoms with van der Waals surface area (Å²) >= 11 is 0. The van der Waals surface area contributed by atoms with Gasteiger partial charge >= 0.3 is 0 Å². The van der Waals surface area contributed by atoms with Crippen molar-refractivity contribution >= 4 is 11.6 Å². The van der Waals surface area contributed by atoms with E-state index in [-0.39, 0.29) is 11.9 Å². The Balaban J connectivity index is 1.76. The average Bonchev–Trinajstić information content (AvgIpc) is 2.63. The number of likely N-dealkylation sites (tertiary alicyclic amines) is 1. The van der Waals surface area contributed by atoms with Gasteiger partial charge < -0.3 is 5.32 Å². The number of carbonyl (C=O) groups excluding carboxylic acids is 1. The maximum absolute atomic E-state index is 12.6. The van der Waals surface area contributed by atoms with Crippen LogP contribution in [0.5, 0.6) is 0 Å². The smallest absolute Gasteiger partial charge is 0.241 e. The topological polar surface area (TPSA) is 32.3 Å². The number of carbonyl (C=O) groups is 1. The van der Waals surface area contributed by atoms with Crippen LogP contribution in [0.3, 0.4) is 0 Å². The molecule has 2 aromatic rings. The molecule has 0 aliphatic carbocycles. The first-order valence-electron chi connectivity index (χ1n) is 8.45. The second-order valence-electron chi connectivity index (χ2n) is 6.17. The lowest BCUT2D eigenvalue weighted by Gasteiger charge is -2.31. The Morgan fingerprint density at radius 1 is 0.957 bits per heavy atom. The highest BCUT2D eigenvalue weighted by Crippen LogP contribution is 2.27. The average molecular weight is 308 g/mol. The second-order valence-corrected chi connectivity index (χ2v) is 6.17. The minimum Gasteiger partial charge on any atom is -0.324 e. The van der Waals surface area contributed by atoms with Gasteiger partial charge in [-0.15, -0.1) is 0 Å². The molecule has 3 nitrogen and oxygen atoms in total. The second kappa shape index (κ2) is 7.42. The van der Waals surface area contributed by atoms with Crippen molar-refractivity contribution in [3.8, 4) is 11.1 Å². The standard InChI is InChI=1S/C20H24N2O/c1-16(22-14-8-3-9-15-22)20(23)21-19-13-7-6-12-18(19)17-10-4-2-5-11-17/h2,4-7,10-13,16H,3,8-9,14-15H2,1H3,(H,21,23)/t16-/m0/s1. The summed E-state index contributed by atoms with van der Waals surface area (Å²) in [7, 11) is 0. The fourth-order valence-corrected chi connectivity index (χ4v) is 3.17. The van der Waals surface area contributed by atoms with E-state index in [4.69, 9.17) is 0 Å². The molecule has 0 saturated carbocycles. The van der Waals surface area contributed by atoms with E-state index in [2.05, 4.69) is 28.4 Å². The molecule has 2 aromatic carbocycles. The van der Waals surface area contributed by atoms with Crippen LogP contribution >= 0.6 is 0 Å². The van der Waals surface area contributed by atoms with Crippen LogP contribution in [-0.2, 0) is 4.79 Å². The van der Waals surface area contributed by atoms with Crippen LogP contribution < -0.4 is 5.32 Å². The summed E-state index contributed by atoms with van der Waals surface area (Å²) in [5, 5.41) is 3.13. The van der Waals surface area contributed by atoms with E-state index in [0.29, 0.717) is 0 Å². The van der Waals surface area contributed by atoms with Crippen LogP contribution in [0, 0.1) is 0 Å². The number of nitrogens with one attached hydrogen (secondary N) is 1. The van der Waals surface area contributed by atoms with Gasteiger partial charge in [-0.3, -0.25) is 9.69 Å². The predicted molar refractivity (Wildman–Crippen MR) is 95.4 cm³/mol. The van der Waals surface area contributed by atoms with Gasteiger partial charge in [-0.25, -0.2) is 0 Å². The summed E-state index contributed by atoms with van der Waals surface area (Å²) in [5.74, 6) is 0.0790. The fraction of sp³-hybridized carbons (Fsp3) is 0.350. The van der Waals surface area contributed by atoms with E-state index in [1.807, 2.05) is 43.3 Å². The zero-order valence-electron chi connectivity index (χ0n) is 13.7. The molecule has 3 rings (SSSR count). The molecule has 0 aromatic heterocycles. The molecule has 1 saturated heterocycles. The van der Waals surface area contributed by atoms with E-state index in [9.17, 15) is 4.79 Å². The molecule has 1 fully saturated rings. The van der Waals surface area contributed by atoms with Crippen molar-refractivity contribution in [1.29, 1.82) is 0 Å². The van der Waals surface area contributed by atoms with Gasteiger partial charge in [0.2, 0.25) is 5.91 Å². The van der Waals surface area contributed by atoms with Gasteiger partial charge in [0.1, 0.15) is 0 Å². The van der Waals surface area contributed by atoms with Crippen molar-refractivity contribution in [2.24, 2.45) is 0 Å². The molecule has 1 atom stereocenters. The van der Waals surface area contributed by atoms with Crippen molar-refractivity contribution in [1.82, 2.24) is 4.90 Å². The maximum Gasteiger partial charge on any atom is 0.241 e. The first kappa shape index (κ1) is 15.8. The molecule has 1 aliphatic rings. The number of hydrogen-bond acceptors (Lipinski definition) is 2. The van der Waals surface area contributed by atoms with Crippen molar-refractivity contribution in [2.75, 3.05) is 18.4 Å². The van der Waals surface area contributed by atoms with E-state index >= 15 is 0 Å². The molecule has 0 unspecified atom stereocenters. The van der Waals surface area contributed by atoms with E-state index in [1.165, 1.54) is 19.3 Å². The first-order chi connectivity index (χ1) is 11.3. The lowest BCUT2D eigenvalue weighted by molar-refractivity contribution is -0.121. The van der Waals surface area contributed by atoms with Gasteiger partial charge in [-0.05, 0) is 44.5 Å². The Kier molecular flexibility index (Phi) is 5.09. The van der Waals surface area contributed by atoms with Gasteiger partial charge in [0.15, 0.2) is 0 Å². The number of para-hydroxylation sites is 1. The predicted octanol–water partition coefficient (Wildman–Crippen LogP) is 4.17. The van der Waals surface area contributed by atoms with Gasteiger partial charge in [0.25, 0.3) is 0 Å². The largest absolute Gasteiger partial charge is 0.324 e. The van der Waals surface area contributed by atoms with Gasteiger partial charge in [-0.1, -0.05) is 55.0 Å². The highest BCUT2D eigenvalue weighted by atomic mass is 16.2. The van der Waals surface area contributed by atoms with E-state index in [0.717, 1.165) is 29.9 Å². The summed E-state index contributed by atoms with van der Waals surface area (Å²) in [6.45, 7) is 4.05. The zero-order chi connectivity index (χ0) is 16.1. The molecule has 23 heavy (non-hydrogen) atoms. The van der Waals surface area contributed by atoms with Crippen molar-refractivity contribution in [3.63, 3.8) is 0 Å². The molecule has 1 N–H and O–H groups in total. The van der Waals surface area contributed by atoms with Crippen molar-refractivity contribution in [3.05, 3.63) is 54.6 Å². The summed E-state index contributed by atoms with van der Waals surface area (Å²) in [6, 6.07) is 18.1. The highest BCUT2D eigenvalue weighted by molar-refractivity contribution is 5.98. The normalized spacial score (nSPS) is 16.7. The Morgan fingerprint density at radius 2 is 1.61 bits per heavy atom. The summed E-state index contributed by atoms with van der Waals surface area (Å²) in [6.07, 6.45) is 3.66. The number of hydrogen-bond donors (Lipinski definition) is 1. The Labute approximate surface area is 138 Å². The monoisotopic (exact) mass is 308 g/mol. The van der Waals surface area contributed by atoms with Crippen LogP contribution in [0.25, 0.3) is 11.1 Å². The minimum atomic E-state index is -0.0841. The summed E-state index contributed by atoms with van der Waals surface area (Å²) in [5.41, 5.74) is 3.06. The Hall–Kier alpha value is -2.13. The lowest BCUT2D eigenvalue weighted by atomic mass is 10.0.